The second-order valence-corrected chi connectivity index (χ2v) is 5.19. The van der Waals surface area contributed by atoms with Crippen molar-refractivity contribution < 1.29 is 9.53 Å². The summed E-state index contributed by atoms with van der Waals surface area (Å²) in [5, 5.41) is 14.8. The van der Waals surface area contributed by atoms with Gasteiger partial charge >= 0.3 is 0 Å². The largest absolute Gasteiger partial charge is 0.379 e. The zero-order chi connectivity index (χ0) is 16.5. The topological polar surface area (TPSA) is 90.3 Å². The van der Waals surface area contributed by atoms with Crippen molar-refractivity contribution in [2.24, 2.45) is 0 Å². The molecule has 1 aliphatic heterocycles. The van der Waals surface area contributed by atoms with Crippen LogP contribution < -0.4 is 10.6 Å². The summed E-state index contributed by atoms with van der Waals surface area (Å²) >= 11 is 0. The Bertz CT molecular complexity index is 603. The van der Waals surface area contributed by atoms with Gasteiger partial charge in [0.1, 0.15) is 17.5 Å². The van der Waals surface area contributed by atoms with Crippen LogP contribution in [-0.2, 0) is 9.53 Å². The summed E-state index contributed by atoms with van der Waals surface area (Å²) in [6.45, 7) is 6.35. The second-order valence-electron chi connectivity index (χ2n) is 5.19. The number of aryl methyl sites for hydroxylation is 1. The van der Waals surface area contributed by atoms with Gasteiger partial charge in [0.15, 0.2) is 0 Å². The molecule has 1 amide bonds. The summed E-state index contributed by atoms with van der Waals surface area (Å²) in [6, 6.07) is 5.63. The van der Waals surface area contributed by atoms with E-state index in [1.807, 2.05) is 25.1 Å². The molecule has 1 fully saturated rings. The number of carbonyl (C=O) groups excluding carboxylic acids is 1. The first-order valence-corrected chi connectivity index (χ1v) is 7.57. The Morgan fingerprint density at radius 1 is 1.52 bits per heavy atom. The van der Waals surface area contributed by atoms with Gasteiger partial charge in [-0.3, -0.25) is 9.69 Å². The van der Waals surface area contributed by atoms with E-state index in [4.69, 9.17) is 10.00 Å². The number of carbonyl (C=O) groups is 1. The molecule has 2 rings (SSSR count). The smallest absolute Gasteiger partial charge is 0.263 e. The molecule has 2 heterocycles. The van der Waals surface area contributed by atoms with E-state index in [2.05, 4.69) is 20.5 Å². The van der Waals surface area contributed by atoms with Gasteiger partial charge in [-0.15, -0.1) is 0 Å². The highest BCUT2D eigenvalue weighted by molar-refractivity contribution is 5.97. The summed E-state index contributed by atoms with van der Waals surface area (Å²) in [4.78, 5) is 18.4. The number of aromatic nitrogens is 1. The fourth-order valence-corrected chi connectivity index (χ4v) is 2.17. The van der Waals surface area contributed by atoms with E-state index in [0.29, 0.717) is 12.4 Å². The first-order chi connectivity index (χ1) is 11.2. The Labute approximate surface area is 135 Å². The van der Waals surface area contributed by atoms with Crippen LogP contribution in [0, 0.1) is 18.3 Å². The molecule has 0 radical (unpaired) electrons. The maximum Gasteiger partial charge on any atom is 0.263 e. The Balaban J connectivity index is 1.82. The predicted octanol–water partition coefficient (Wildman–Crippen LogP) is 0.658. The number of hydrogen-bond donors (Lipinski definition) is 2. The van der Waals surface area contributed by atoms with Crippen LogP contribution in [-0.4, -0.2) is 55.2 Å². The molecule has 122 valence electrons. The van der Waals surface area contributed by atoms with Crippen LogP contribution in [0.25, 0.3) is 0 Å². The van der Waals surface area contributed by atoms with Crippen molar-refractivity contribution in [3.63, 3.8) is 0 Å². The van der Waals surface area contributed by atoms with Crippen molar-refractivity contribution in [2.75, 3.05) is 44.7 Å². The molecule has 2 N–H and O–H groups in total. The third-order valence-corrected chi connectivity index (χ3v) is 3.55. The van der Waals surface area contributed by atoms with Crippen molar-refractivity contribution in [2.45, 2.75) is 6.92 Å². The Hall–Kier alpha value is -2.43. The highest BCUT2D eigenvalue weighted by Gasteiger charge is 2.12. The van der Waals surface area contributed by atoms with Crippen molar-refractivity contribution in [3.05, 3.63) is 35.7 Å². The van der Waals surface area contributed by atoms with Crippen LogP contribution in [0.3, 0.4) is 0 Å². The lowest BCUT2D eigenvalue weighted by Gasteiger charge is -2.26. The minimum atomic E-state index is -0.387. The standard InChI is InChI=1S/C16H21N5O2/c1-13-3-2-4-18-15(13)20-12-14(11-17)16(22)19-5-6-21-7-9-23-10-8-21/h2-4,12H,5-10H2,1H3,(H,18,20)(H,19,22)/b14-12-. The zero-order valence-electron chi connectivity index (χ0n) is 13.2. The maximum absolute atomic E-state index is 12.0. The number of nitrogens with one attached hydrogen (secondary N) is 2. The van der Waals surface area contributed by atoms with E-state index < -0.39 is 0 Å². The van der Waals surface area contributed by atoms with Gasteiger partial charge in [-0.1, -0.05) is 6.07 Å². The van der Waals surface area contributed by atoms with Gasteiger partial charge in [0, 0.05) is 38.6 Å². The Morgan fingerprint density at radius 3 is 3.00 bits per heavy atom. The van der Waals surface area contributed by atoms with Gasteiger partial charge in [-0.25, -0.2) is 4.98 Å². The predicted molar refractivity (Wildman–Crippen MR) is 86.6 cm³/mol. The van der Waals surface area contributed by atoms with Gasteiger partial charge in [0.05, 0.1) is 13.2 Å². The average Bonchev–Trinajstić information content (AvgIpc) is 2.58. The summed E-state index contributed by atoms with van der Waals surface area (Å²) in [5.41, 5.74) is 0.964. The molecule has 23 heavy (non-hydrogen) atoms. The third-order valence-electron chi connectivity index (χ3n) is 3.55. The molecule has 0 aromatic carbocycles. The number of nitrogens with zero attached hydrogens (tertiary/aromatic N) is 3. The average molecular weight is 315 g/mol. The van der Waals surface area contributed by atoms with Gasteiger partial charge in [-0.05, 0) is 18.6 Å². The van der Waals surface area contributed by atoms with Crippen molar-refractivity contribution in [1.82, 2.24) is 15.2 Å². The fourth-order valence-electron chi connectivity index (χ4n) is 2.17. The molecule has 7 nitrogen and oxygen atoms in total. The molecular formula is C16H21N5O2. The van der Waals surface area contributed by atoms with E-state index in [-0.39, 0.29) is 11.5 Å². The Morgan fingerprint density at radius 2 is 2.30 bits per heavy atom. The summed E-state index contributed by atoms with van der Waals surface area (Å²) in [5.74, 6) is 0.239. The van der Waals surface area contributed by atoms with Gasteiger partial charge in [0.25, 0.3) is 5.91 Å². The molecule has 0 saturated carbocycles. The molecular weight excluding hydrogens is 294 g/mol. The van der Waals surface area contributed by atoms with Gasteiger partial charge in [-0.2, -0.15) is 5.26 Å². The van der Waals surface area contributed by atoms with Crippen LogP contribution in [0.2, 0.25) is 0 Å². The molecule has 1 aromatic rings. The normalized spacial score (nSPS) is 15.7. The van der Waals surface area contributed by atoms with Crippen LogP contribution in [0.1, 0.15) is 5.56 Å². The van der Waals surface area contributed by atoms with Crippen LogP contribution in [0.4, 0.5) is 5.82 Å². The lowest BCUT2D eigenvalue weighted by Crippen LogP contribution is -2.41. The number of hydrogen-bond acceptors (Lipinski definition) is 6. The molecule has 1 aliphatic rings. The first kappa shape index (κ1) is 16.9. The van der Waals surface area contributed by atoms with E-state index in [1.165, 1.54) is 6.20 Å². The first-order valence-electron chi connectivity index (χ1n) is 7.57. The van der Waals surface area contributed by atoms with E-state index >= 15 is 0 Å². The lowest BCUT2D eigenvalue weighted by molar-refractivity contribution is -0.117. The van der Waals surface area contributed by atoms with Crippen molar-refractivity contribution in [3.8, 4) is 6.07 Å². The number of ether oxygens (including phenoxy) is 1. The van der Waals surface area contributed by atoms with Crippen molar-refractivity contribution in [1.29, 1.82) is 5.26 Å². The molecule has 0 bridgehead atoms. The zero-order valence-corrected chi connectivity index (χ0v) is 13.2. The summed E-state index contributed by atoms with van der Waals surface area (Å²) in [7, 11) is 0. The quantitative estimate of drug-likeness (QED) is 0.592. The molecule has 0 unspecified atom stereocenters. The van der Waals surface area contributed by atoms with Crippen LogP contribution in [0.15, 0.2) is 30.1 Å². The Kier molecular flexibility index (Phi) is 6.54. The summed E-state index contributed by atoms with van der Waals surface area (Å²) < 4.78 is 5.27. The second kappa shape index (κ2) is 8.88. The maximum atomic E-state index is 12.0. The minimum Gasteiger partial charge on any atom is -0.379 e. The third kappa shape index (κ3) is 5.36. The molecule has 1 aromatic heterocycles. The molecule has 1 saturated heterocycles. The number of morpholine rings is 1. The lowest BCUT2D eigenvalue weighted by atomic mass is 10.2. The molecule has 7 heteroatoms. The fraction of sp³-hybridized carbons (Fsp3) is 0.438. The van der Waals surface area contributed by atoms with E-state index in [1.54, 1.807) is 6.20 Å². The number of anilines is 1. The SMILES string of the molecule is Cc1cccnc1N/C=C(/C#N)C(=O)NCCN1CCOCC1. The number of pyridine rings is 1. The molecule has 0 aliphatic carbocycles. The van der Waals surface area contributed by atoms with E-state index in [0.717, 1.165) is 38.4 Å². The number of amides is 1. The summed E-state index contributed by atoms with van der Waals surface area (Å²) in [6.07, 6.45) is 3.04. The van der Waals surface area contributed by atoms with Gasteiger partial charge in [0.2, 0.25) is 0 Å². The highest BCUT2D eigenvalue weighted by atomic mass is 16.5. The van der Waals surface area contributed by atoms with E-state index in [9.17, 15) is 4.79 Å². The molecule has 0 atom stereocenters. The van der Waals surface area contributed by atoms with Crippen molar-refractivity contribution >= 4 is 11.7 Å². The number of rotatable bonds is 6. The molecule has 0 spiro atoms. The monoisotopic (exact) mass is 315 g/mol. The van der Waals surface area contributed by atoms with Crippen LogP contribution >= 0.6 is 0 Å². The highest BCUT2D eigenvalue weighted by Crippen LogP contribution is 2.09. The van der Waals surface area contributed by atoms with Crippen LogP contribution in [0.5, 0.6) is 0 Å². The van der Waals surface area contributed by atoms with Gasteiger partial charge < -0.3 is 15.4 Å². The minimum absolute atomic E-state index is 0.0250. The number of nitriles is 1.